The maximum absolute atomic E-state index is 5.46. The van der Waals surface area contributed by atoms with E-state index in [1.165, 1.54) is 30.4 Å². The van der Waals surface area contributed by atoms with Gasteiger partial charge in [-0.05, 0) is 30.4 Å². The van der Waals surface area contributed by atoms with Gasteiger partial charge in [-0.2, -0.15) is 0 Å². The molecule has 1 saturated heterocycles. The van der Waals surface area contributed by atoms with Crippen LogP contribution in [0.4, 0.5) is 0 Å². The van der Waals surface area contributed by atoms with Crippen LogP contribution in [0.5, 0.6) is 0 Å². The van der Waals surface area contributed by atoms with Crippen LogP contribution in [-0.2, 0) is 17.8 Å². The molecule has 1 aliphatic rings. The van der Waals surface area contributed by atoms with Crippen molar-refractivity contribution in [3.63, 3.8) is 0 Å². The number of nitrogens with zero attached hydrogens (tertiary/aromatic N) is 3. The Morgan fingerprint density at radius 2 is 1.96 bits per heavy atom. The van der Waals surface area contributed by atoms with E-state index in [2.05, 4.69) is 58.0 Å². The highest BCUT2D eigenvalue weighted by atomic mass is 16.5. The third-order valence-electron chi connectivity index (χ3n) is 5.03. The molecule has 1 aliphatic heterocycles. The highest BCUT2D eigenvalue weighted by Crippen LogP contribution is 2.13. The highest BCUT2D eigenvalue weighted by Gasteiger charge is 2.13. The van der Waals surface area contributed by atoms with Crippen LogP contribution in [0.2, 0.25) is 0 Å². The largest absolute Gasteiger partial charge is 0.379 e. The number of unbranched alkanes of at least 4 members (excludes halogenated alkanes) is 3. The Balaban J connectivity index is 1.83. The number of ether oxygens (including phenoxy) is 1. The number of allylic oxidation sites excluding steroid dienone is 1. The standard InChI is InChI=1S/C22H36N4O/c1-4-5-6-7-10-13-25(3)22(23-2)24-18-20-11-8-9-12-21(20)19-26-14-16-27-17-15-26/h4,8-9,11-12H,1,5-7,10,13-19H2,2-3H3,(H,23,24). The average Bonchev–Trinajstić information content (AvgIpc) is 2.70. The Bertz CT molecular complexity index is 581. The first-order chi connectivity index (χ1) is 13.2. The molecular weight excluding hydrogens is 336 g/mol. The van der Waals surface area contributed by atoms with Gasteiger partial charge in [0, 0.05) is 46.8 Å². The molecule has 1 aromatic rings. The molecule has 150 valence electrons. The molecule has 1 aromatic carbocycles. The molecule has 0 amide bonds. The van der Waals surface area contributed by atoms with Gasteiger partial charge in [-0.15, -0.1) is 6.58 Å². The number of nitrogens with one attached hydrogen (secondary N) is 1. The smallest absolute Gasteiger partial charge is 0.193 e. The molecule has 1 N–H and O–H groups in total. The van der Waals surface area contributed by atoms with Crippen LogP contribution in [0.1, 0.15) is 36.8 Å². The van der Waals surface area contributed by atoms with Gasteiger partial charge in [-0.1, -0.05) is 36.8 Å². The lowest BCUT2D eigenvalue weighted by Gasteiger charge is -2.28. The van der Waals surface area contributed by atoms with E-state index in [9.17, 15) is 0 Å². The van der Waals surface area contributed by atoms with Crippen LogP contribution in [0.3, 0.4) is 0 Å². The molecule has 2 rings (SSSR count). The third-order valence-corrected chi connectivity index (χ3v) is 5.03. The van der Waals surface area contributed by atoms with Crippen molar-refractivity contribution in [2.75, 3.05) is 46.9 Å². The molecule has 5 nitrogen and oxygen atoms in total. The Labute approximate surface area is 165 Å². The summed E-state index contributed by atoms with van der Waals surface area (Å²) in [7, 11) is 3.97. The number of hydrogen-bond donors (Lipinski definition) is 1. The second kappa shape index (κ2) is 12.5. The first-order valence-electron chi connectivity index (χ1n) is 10.1. The van der Waals surface area contributed by atoms with E-state index in [1.807, 2.05) is 13.1 Å². The lowest BCUT2D eigenvalue weighted by molar-refractivity contribution is 0.0341. The normalized spacial score (nSPS) is 15.6. The molecular formula is C22H36N4O. The van der Waals surface area contributed by atoms with Gasteiger partial charge in [0.1, 0.15) is 0 Å². The summed E-state index contributed by atoms with van der Waals surface area (Å²) in [5, 5.41) is 3.53. The molecule has 0 unspecified atom stereocenters. The zero-order valence-corrected chi connectivity index (χ0v) is 17.1. The Morgan fingerprint density at radius 3 is 2.67 bits per heavy atom. The van der Waals surface area contributed by atoms with E-state index in [0.29, 0.717) is 0 Å². The van der Waals surface area contributed by atoms with Gasteiger partial charge in [0.25, 0.3) is 0 Å². The number of guanidine groups is 1. The van der Waals surface area contributed by atoms with E-state index in [-0.39, 0.29) is 0 Å². The third kappa shape index (κ3) is 7.73. The fourth-order valence-corrected chi connectivity index (χ4v) is 3.36. The van der Waals surface area contributed by atoms with E-state index >= 15 is 0 Å². The summed E-state index contributed by atoms with van der Waals surface area (Å²) < 4.78 is 5.46. The van der Waals surface area contributed by atoms with Gasteiger partial charge < -0.3 is 15.0 Å². The number of rotatable bonds is 10. The molecule has 0 aliphatic carbocycles. The van der Waals surface area contributed by atoms with Crippen LogP contribution < -0.4 is 5.32 Å². The number of benzene rings is 1. The second-order valence-electron chi connectivity index (χ2n) is 7.12. The molecule has 1 fully saturated rings. The SMILES string of the molecule is C=CCCCCCN(C)C(=NC)NCc1ccccc1CN1CCOCC1. The molecule has 1 heterocycles. The maximum Gasteiger partial charge on any atom is 0.193 e. The number of hydrogen-bond acceptors (Lipinski definition) is 3. The summed E-state index contributed by atoms with van der Waals surface area (Å²) in [5.74, 6) is 0.958. The fourth-order valence-electron chi connectivity index (χ4n) is 3.36. The van der Waals surface area contributed by atoms with Crippen molar-refractivity contribution in [3.8, 4) is 0 Å². The summed E-state index contributed by atoms with van der Waals surface area (Å²) in [6.45, 7) is 10.3. The topological polar surface area (TPSA) is 40.1 Å². The minimum atomic E-state index is 0.800. The van der Waals surface area contributed by atoms with Crippen molar-refractivity contribution in [3.05, 3.63) is 48.0 Å². The quantitative estimate of drug-likeness (QED) is 0.296. The van der Waals surface area contributed by atoms with E-state index in [0.717, 1.165) is 58.3 Å². The Hall–Kier alpha value is -1.85. The predicted molar refractivity (Wildman–Crippen MR) is 114 cm³/mol. The van der Waals surface area contributed by atoms with E-state index in [4.69, 9.17) is 4.74 Å². The van der Waals surface area contributed by atoms with Crippen LogP contribution in [0.25, 0.3) is 0 Å². The molecule has 0 spiro atoms. The monoisotopic (exact) mass is 372 g/mol. The van der Waals surface area contributed by atoms with E-state index < -0.39 is 0 Å². The van der Waals surface area contributed by atoms with Crippen molar-refractivity contribution < 1.29 is 4.74 Å². The van der Waals surface area contributed by atoms with Crippen molar-refractivity contribution in [2.24, 2.45) is 4.99 Å². The molecule has 0 saturated carbocycles. The average molecular weight is 373 g/mol. The summed E-state index contributed by atoms with van der Waals surface area (Å²) >= 11 is 0. The molecule has 0 atom stereocenters. The highest BCUT2D eigenvalue weighted by molar-refractivity contribution is 5.79. The first kappa shape index (κ1) is 21.5. The lowest BCUT2D eigenvalue weighted by atomic mass is 10.1. The van der Waals surface area contributed by atoms with E-state index in [1.54, 1.807) is 0 Å². The lowest BCUT2D eigenvalue weighted by Crippen LogP contribution is -2.39. The zero-order chi connectivity index (χ0) is 19.3. The minimum absolute atomic E-state index is 0.800. The van der Waals surface area contributed by atoms with Gasteiger partial charge >= 0.3 is 0 Å². The van der Waals surface area contributed by atoms with Crippen molar-refractivity contribution in [2.45, 2.75) is 38.8 Å². The molecule has 27 heavy (non-hydrogen) atoms. The number of aliphatic imine (C=N–C) groups is 1. The predicted octanol–water partition coefficient (Wildman–Crippen LogP) is 3.27. The summed E-state index contributed by atoms with van der Waals surface area (Å²) in [5.41, 5.74) is 2.72. The maximum atomic E-state index is 5.46. The minimum Gasteiger partial charge on any atom is -0.379 e. The Morgan fingerprint density at radius 1 is 1.22 bits per heavy atom. The molecule has 0 radical (unpaired) electrons. The summed E-state index contributed by atoms with van der Waals surface area (Å²) in [4.78, 5) is 9.14. The van der Waals surface area contributed by atoms with Crippen LogP contribution in [-0.4, -0.2) is 62.7 Å². The van der Waals surface area contributed by atoms with Gasteiger partial charge in [0.2, 0.25) is 0 Å². The first-order valence-corrected chi connectivity index (χ1v) is 10.1. The van der Waals surface area contributed by atoms with Gasteiger partial charge in [0.05, 0.1) is 13.2 Å². The second-order valence-corrected chi connectivity index (χ2v) is 7.12. The van der Waals surface area contributed by atoms with Crippen LogP contribution in [0.15, 0.2) is 41.9 Å². The number of morpholine rings is 1. The van der Waals surface area contributed by atoms with Crippen LogP contribution in [0, 0.1) is 0 Å². The summed E-state index contributed by atoms with van der Waals surface area (Å²) in [6, 6.07) is 8.69. The fraction of sp³-hybridized carbons (Fsp3) is 0.591. The van der Waals surface area contributed by atoms with Gasteiger partial charge in [-0.25, -0.2) is 0 Å². The molecule has 0 aromatic heterocycles. The van der Waals surface area contributed by atoms with Gasteiger partial charge in [-0.3, -0.25) is 9.89 Å². The zero-order valence-electron chi connectivity index (χ0n) is 17.1. The van der Waals surface area contributed by atoms with Crippen LogP contribution >= 0.6 is 0 Å². The van der Waals surface area contributed by atoms with Crippen molar-refractivity contribution in [1.29, 1.82) is 0 Å². The van der Waals surface area contributed by atoms with Gasteiger partial charge in [0.15, 0.2) is 5.96 Å². The summed E-state index contributed by atoms with van der Waals surface area (Å²) in [6.07, 6.45) is 6.74. The van der Waals surface area contributed by atoms with Crippen molar-refractivity contribution in [1.82, 2.24) is 15.1 Å². The molecule has 0 bridgehead atoms. The van der Waals surface area contributed by atoms with Crippen molar-refractivity contribution >= 4 is 5.96 Å². The Kier molecular flexibility index (Phi) is 9.95. The molecule has 5 heteroatoms.